The third-order valence-electron chi connectivity index (χ3n) is 3.14. The van der Waals surface area contributed by atoms with Crippen molar-refractivity contribution in [2.75, 3.05) is 19.8 Å². The van der Waals surface area contributed by atoms with Gasteiger partial charge in [-0.2, -0.15) is 0 Å². The van der Waals surface area contributed by atoms with Crippen molar-refractivity contribution >= 4 is 5.91 Å². The number of aromatic nitrogens is 3. The second kappa shape index (κ2) is 5.95. The maximum Gasteiger partial charge on any atom is 0.290 e. The molecule has 0 bridgehead atoms. The summed E-state index contributed by atoms with van der Waals surface area (Å²) in [5.41, 5.74) is 0. The zero-order valence-corrected chi connectivity index (χ0v) is 10.9. The second-order valence-corrected chi connectivity index (χ2v) is 4.96. The molecule has 1 saturated heterocycles. The van der Waals surface area contributed by atoms with Gasteiger partial charge in [-0.05, 0) is 18.8 Å². The van der Waals surface area contributed by atoms with Crippen LogP contribution in [0.25, 0.3) is 0 Å². The maximum absolute atomic E-state index is 11.8. The largest absolute Gasteiger partial charge is 0.381 e. The van der Waals surface area contributed by atoms with E-state index in [0.29, 0.717) is 12.5 Å². The number of nitrogens with one attached hydrogen (secondary N) is 2. The summed E-state index contributed by atoms with van der Waals surface area (Å²) in [7, 11) is 0. The minimum absolute atomic E-state index is 0.204. The standard InChI is InChI=1S/C12H20N4O2/c1-8(2)10-14-11(16-15-10)12(17)13-7-9-3-5-18-6-4-9/h8-9H,3-7H2,1-2H3,(H,13,17)(H,14,15,16). The lowest BCUT2D eigenvalue weighted by Crippen LogP contribution is -2.32. The Morgan fingerprint density at radius 3 is 2.83 bits per heavy atom. The highest BCUT2D eigenvalue weighted by Gasteiger charge is 2.17. The molecule has 1 aromatic heterocycles. The van der Waals surface area contributed by atoms with E-state index in [1.807, 2.05) is 13.8 Å². The first kappa shape index (κ1) is 13.0. The average molecular weight is 252 g/mol. The number of carbonyl (C=O) groups is 1. The highest BCUT2D eigenvalue weighted by Crippen LogP contribution is 2.13. The molecule has 0 aliphatic carbocycles. The van der Waals surface area contributed by atoms with Crippen LogP contribution >= 0.6 is 0 Å². The number of amides is 1. The molecule has 0 unspecified atom stereocenters. The molecular weight excluding hydrogens is 232 g/mol. The highest BCUT2D eigenvalue weighted by atomic mass is 16.5. The molecule has 6 heteroatoms. The molecule has 1 amide bonds. The van der Waals surface area contributed by atoms with Crippen LogP contribution in [0.15, 0.2) is 0 Å². The number of ether oxygens (including phenoxy) is 1. The molecule has 0 spiro atoms. The van der Waals surface area contributed by atoms with Crippen LogP contribution in [0.1, 0.15) is 49.1 Å². The number of H-pyrrole nitrogens is 1. The third kappa shape index (κ3) is 3.29. The first-order valence-corrected chi connectivity index (χ1v) is 6.45. The molecule has 1 aliphatic rings. The molecule has 6 nitrogen and oxygen atoms in total. The molecule has 0 aromatic carbocycles. The lowest BCUT2D eigenvalue weighted by atomic mass is 10.0. The van der Waals surface area contributed by atoms with Crippen molar-refractivity contribution in [3.63, 3.8) is 0 Å². The molecule has 0 saturated carbocycles. The van der Waals surface area contributed by atoms with E-state index in [1.54, 1.807) is 0 Å². The molecular formula is C12H20N4O2. The van der Waals surface area contributed by atoms with Gasteiger partial charge in [0.15, 0.2) is 0 Å². The number of hydrogen-bond acceptors (Lipinski definition) is 4. The van der Waals surface area contributed by atoms with Gasteiger partial charge < -0.3 is 10.1 Å². The Hall–Kier alpha value is -1.43. The molecule has 2 N–H and O–H groups in total. The summed E-state index contributed by atoms with van der Waals surface area (Å²) in [5, 5.41) is 9.59. The average Bonchev–Trinajstić information content (AvgIpc) is 2.87. The number of rotatable bonds is 4. The van der Waals surface area contributed by atoms with E-state index in [9.17, 15) is 4.79 Å². The predicted octanol–water partition coefficient (Wildman–Crippen LogP) is 1.08. The molecule has 2 heterocycles. The van der Waals surface area contributed by atoms with E-state index in [2.05, 4.69) is 20.5 Å². The quantitative estimate of drug-likeness (QED) is 0.840. The van der Waals surface area contributed by atoms with E-state index in [1.165, 1.54) is 0 Å². The molecule has 2 rings (SSSR count). The van der Waals surface area contributed by atoms with Crippen LogP contribution in [0.4, 0.5) is 0 Å². The Morgan fingerprint density at radius 2 is 2.22 bits per heavy atom. The topological polar surface area (TPSA) is 79.9 Å². The molecule has 0 radical (unpaired) electrons. The number of hydrogen-bond donors (Lipinski definition) is 2. The molecule has 0 atom stereocenters. The fraction of sp³-hybridized carbons (Fsp3) is 0.750. The minimum atomic E-state index is -0.204. The van der Waals surface area contributed by atoms with Crippen LogP contribution in [-0.4, -0.2) is 40.8 Å². The first-order chi connectivity index (χ1) is 8.66. The summed E-state index contributed by atoms with van der Waals surface area (Å²) in [5.74, 6) is 1.52. The summed E-state index contributed by atoms with van der Waals surface area (Å²) in [6.07, 6.45) is 2.01. The van der Waals surface area contributed by atoms with Crippen molar-refractivity contribution in [2.45, 2.75) is 32.6 Å². The van der Waals surface area contributed by atoms with Gasteiger partial charge in [0.2, 0.25) is 5.82 Å². The van der Waals surface area contributed by atoms with Crippen LogP contribution in [0.3, 0.4) is 0 Å². The summed E-state index contributed by atoms with van der Waals surface area (Å²) in [6, 6.07) is 0. The van der Waals surface area contributed by atoms with Crippen molar-refractivity contribution in [2.24, 2.45) is 5.92 Å². The predicted molar refractivity (Wildman–Crippen MR) is 66.3 cm³/mol. The van der Waals surface area contributed by atoms with Crippen LogP contribution in [0, 0.1) is 5.92 Å². The third-order valence-corrected chi connectivity index (χ3v) is 3.14. The van der Waals surface area contributed by atoms with Crippen molar-refractivity contribution in [1.29, 1.82) is 0 Å². The van der Waals surface area contributed by atoms with E-state index in [0.717, 1.165) is 31.9 Å². The Kier molecular flexibility index (Phi) is 4.30. The number of nitrogens with zero attached hydrogens (tertiary/aromatic N) is 2. The van der Waals surface area contributed by atoms with Gasteiger partial charge in [-0.25, -0.2) is 4.98 Å². The summed E-state index contributed by atoms with van der Waals surface area (Å²) < 4.78 is 5.28. The van der Waals surface area contributed by atoms with E-state index < -0.39 is 0 Å². The number of carbonyl (C=O) groups excluding carboxylic acids is 1. The van der Waals surface area contributed by atoms with Crippen LogP contribution in [-0.2, 0) is 4.74 Å². The lowest BCUT2D eigenvalue weighted by Gasteiger charge is -2.21. The molecule has 100 valence electrons. The molecule has 1 aliphatic heterocycles. The van der Waals surface area contributed by atoms with Crippen LogP contribution in [0.5, 0.6) is 0 Å². The summed E-state index contributed by atoms with van der Waals surface area (Å²) in [6.45, 7) is 6.26. The van der Waals surface area contributed by atoms with Crippen LogP contribution in [0.2, 0.25) is 0 Å². The zero-order valence-electron chi connectivity index (χ0n) is 10.9. The first-order valence-electron chi connectivity index (χ1n) is 6.45. The molecule has 18 heavy (non-hydrogen) atoms. The Labute approximate surface area is 107 Å². The van der Waals surface area contributed by atoms with E-state index in [-0.39, 0.29) is 17.6 Å². The maximum atomic E-state index is 11.8. The lowest BCUT2D eigenvalue weighted by molar-refractivity contribution is 0.0641. The number of aromatic amines is 1. The SMILES string of the molecule is CC(C)c1nc(C(=O)NCC2CCOCC2)n[nH]1. The van der Waals surface area contributed by atoms with E-state index in [4.69, 9.17) is 4.74 Å². The highest BCUT2D eigenvalue weighted by molar-refractivity contribution is 5.90. The Balaban J connectivity index is 1.83. The van der Waals surface area contributed by atoms with Gasteiger partial charge in [0.1, 0.15) is 5.82 Å². The second-order valence-electron chi connectivity index (χ2n) is 4.96. The van der Waals surface area contributed by atoms with Gasteiger partial charge in [0, 0.05) is 25.7 Å². The summed E-state index contributed by atoms with van der Waals surface area (Å²) >= 11 is 0. The van der Waals surface area contributed by atoms with Gasteiger partial charge in [-0.1, -0.05) is 13.8 Å². The minimum Gasteiger partial charge on any atom is -0.381 e. The molecule has 1 fully saturated rings. The molecule has 1 aromatic rings. The van der Waals surface area contributed by atoms with Crippen LogP contribution < -0.4 is 5.32 Å². The van der Waals surface area contributed by atoms with E-state index >= 15 is 0 Å². The van der Waals surface area contributed by atoms with Crippen molar-refractivity contribution in [3.8, 4) is 0 Å². The van der Waals surface area contributed by atoms with Gasteiger partial charge in [0.05, 0.1) is 0 Å². The fourth-order valence-electron chi connectivity index (χ4n) is 1.90. The van der Waals surface area contributed by atoms with Crippen molar-refractivity contribution in [1.82, 2.24) is 20.5 Å². The van der Waals surface area contributed by atoms with Crippen molar-refractivity contribution < 1.29 is 9.53 Å². The monoisotopic (exact) mass is 252 g/mol. The normalized spacial score (nSPS) is 17.1. The Morgan fingerprint density at radius 1 is 1.50 bits per heavy atom. The smallest absolute Gasteiger partial charge is 0.290 e. The van der Waals surface area contributed by atoms with Gasteiger partial charge in [-0.15, -0.1) is 5.10 Å². The van der Waals surface area contributed by atoms with Crippen molar-refractivity contribution in [3.05, 3.63) is 11.6 Å². The fourth-order valence-corrected chi connectivity index (χ4v) is 1.90. The van der Waals surface area contributed by atoms with Gasteiger partial charge in [-0.3, -0.25) is 9.89 Å². The summed E-state index contributed by atoms with van der Waals surface area (Å²) in [4.78, 5) is 16.0. The van der Waals surface area contributed by atoms with Gasteiger partial charge in [0.25, 0.3) is 5.91 Å². The zero-order chi connectivity index (χ0) is 13.0. The van der Waals surface area contributed by atoms with Gasteiger partial charge >= 0.3 is 0 Å². The Bertz CT molecular complexity index is 397.